The van der Waals surface area contributed by atoms with Crippen molar-refractivity contribution in [2.75, 3.05) is 5.32 Å². The molecule has 0 saturated heterocycles. The lowest BCUT2D eigenvalue weighted by Gasteiger charge is -2.10. The highest BCUT2D eigenvalue weighted by Crippen LogP contribution is 2.26. The van der Waals surface area contributed by atoms with Gasteiger partial charge >= 0.3 is 0 Å². The fraction of sp³-hybridized carbons (Fsp3) is 0.154. The van der Waals surface area contributed by atoms with Crippen molar-refractivity contribution in [3.05, 3.63) is 45.4 Å². The van der Waals surface area contributed by atoms with Crippen LogP contribution in [0.1, 0.15) is 17.0 Å². The van der Waals surface area contributed by atoms with Crippen LogP contribution in [0.15, 0.2) is 22.7 Å². The lowest BCUT2D eigenvalue weighted by molar-refractivity contribution is 0.620. The first-order valence-electron chi connectivity index (χ1n) is 5.48. The summed E-state index contributed by atoms with van der Waals surface area (Å²) in [6.07, 6.45) is 0. The minimum atomic E-state index is -0.328. The molecule has 0 atom stereocenters. The molecule has 0 saturated carbocycles. The van der Waals surface area contributed by atoms with Gasteiger partial charge in [0.1, 0.15) is 17.6 Å². The molecule has 0 bridgehead atoms. The van der Waals surface area contributed by atoms with Crippen molar-refractivity contribution in [3.63, 3.8) is 0 Å². The van der Waals surface area contributed by atoms with Crippen LogP contribution in [0.3, 0.4) is 0 Å². The van der Waals surface area contributed by atoms with E-state index in [0.29, 0.717) is 21.8 Å². The second-order valence-electron chi connectivity index (χ2n) is 4.04. The Labute approximate surface area is 118 Å². The third-order valence-electron chi connectivity index (χ3n) is 2.48. The Bertz CT molecular complexity index is 679. The lowest BCUT2D eigenvalue weighted by Crippen LogP contribution is -2.02. The average Bonchev–Trinajstić information content (AvgIpc) is 2.35. The third-order valence-corrected chi connectivity index (χ3v) is 3.09. The van der Waals surface area contributed by atoms with Gasteiger partial charge < -0.3 is 5.32 Å². The van der Waals surface area contributed by atoms with Crippen molar-refractivity contribution in [2.24, 2.45) is 0 Å². The number of nitrogens with one attached hydrogen (secondary N) is 1. The van der Waals surface area contributed by atoms with Gasteiger partial charge in [-0.25, -0.2) is 14.4 Å². The summed E-state index contributed by atoms with van der Waals surface area (Å²) in [6, 6.07) is 6.59. The molecule has 19 heavy (non-hydrogen) atoms. The molecule has 6 heteroatoms. The largest absolute Gasteiger partial charge is 0.324 e. The molecule has 96 valence electrons. The first kappa shape index (κ1) is 13.4. The predicted molar refractivity (Wildman–Crippen MR) is 73.6 cm³/mol. The zero-order valence-corrected chi connectivity index (χ0v) is 11.9. The third kappa shape index (κ3) is 3.06. The summed E-state index contributed by atoms with van der Waals surface area (Å²) in [4.78, 5) is 8.24. The van der Waals surface area contributed by atoms with Crippen LogP contribution in [0.2, 0.25) is 0 Å². The summed E-state index contributed by atoms with van der Waals surface area (Å²) in [5, 5.41) is 11.8. The summed E-state index contributed by atoms with van der Waals surface area (Å²) in [5.74, 6) is -0.0101. The van der Waals surface area contributed by atoms with Gasteiger partial charge in [-0.15, -0.1) is 0 Å². The van der Waals surface area contributed by atoms with Gasteiger partial charge in [0.2, 0.25) is 5.95 Å². The Morgan fingerprint density at radius 1 is 1.26 bits per heavy atom. The van der Waals surface area contributed by atoms with Crippen molar-refractivity contribution < 1.29 is 4.39 Å². The minimum Gasteiger partial charge on any atom is -0.324 e. The standard InChI is InChI=1S/C13H10BrFN4/c1-7-3-11(15)10(14)5-12(7)19-13-17-8(2)4-9(6-16)18-13/h3-5H,1-2H3,(H,17,18,19). The van der Waals surface area contributed by atoms with Gasteiger partial charge in [0.25, 0.3) is 0 Å². The van der Waals surface area contributed by atoms with Crippen molar-refractivity contribution in [1.29, 1.82) is 5.26 Å². The van der Waals surface area contributed by atoms with E-state index in [1.807, 2.05) is 6.07 Å². The van der Waals surface area contributed by atoms with E-state index < -0.39 is 0 Å². The molecular weight excluding hydrogens is 311 g/mol. The van der Waals surface area contributed by atoms with Crippen molar-refractivity contribution in [3.8, 4) is 6.07 Å². The van der Waals surface area contributed by atoms with Gasteiger partial charge in [0, 0.05) is 11.4 Å². The zero-order valence-electron chi connectivity index (χ0n) is 10.3. The van der Waals surface area contributed by atoms with Crippen LogP contribution in [-0.4, -0.2) is 9.97 Å². The molecule has 0 amide bonds. The second-order valence-corrected chi connectivity index (χ2v) is 4.89. The molecule has 0 spiro atoms. The molecule has 2 aromatic rings. The molecule has 2 rings (SSSR count). The maximum atomic E-state index is 13.3. The summed E-state index contributed by atoms with van der Waals surface area (Å²) >= 11 is 3.13. The number of nitrogens with zero attached hydrogens (tertiary/aromatic N) is 3. The number of rotatable bonds is 2. The smallest absolute Gasteiger partial charge is 0.228 e. The molecule has 1 N–H and O–H groups in total. The summed E-state index contributed by atoms with van der Waals surface area (Å²) < 4.78 is 13.7. The minimum absolute atomic E-state index is 0.286. The Kier molecular flexibility index (Phi) is 3.76. The van der Waals surface area contributed by atoms with Gasteiger partial charge in [0.15, 0.2) is 0 Å². The molecule has 0 radical (unpaired) electrons. The van der Waals surface area contributed by atoms with Crippen LogP contribution in [0, 0.1) is 31.0 Å². The van der Waals surface area contributed by atoms with Gasteiger partial charge in [-0.05, 0) is 53.5 Å². The highest BCUT2D eigenvalue weighted by Gasteiger charge is 2.08. The van der Waals surface area contributed by atoms with Crippen LogP contribution in [0.25, 0.3) is 0 Å². The second kappa shape index (κ2) is 5.33. The number of anilines is 2. The van der Waals surface area contributed by atoms with Crippen LogP contribution in [0.4, 0.5) is 16.0 Å². The molecule has 1 aromatic carbocycles. The summed E-state index contributed by atoms with van der Waals surface area (Å²) in [5.41, 5.74) is 2.38. The zero-order chi connectivity index (χ0) is 14.0. The maximum Gasteiger partial charge on any atom is 0.228 e. The number of halogens is 2. The van der Waals surface area contributed by atoms with E-state index in [9.17, 15) is 4.39 Å². The SMILES string of the molecule is Cc1cc(C#N)nc(Nc2cc(Br)c(F)cc2C)n1. The van der Waals surface area contributed by atoms with Gasteiger partial charge in [-0.2, -0.15) is 5.26 Å². The van der Waals surface area contributed by atoms with E-state index in [1.165, 1.54) is 6.07 Å². The number of nitriles is 1. The van der Waals surface area contributed by atoms with Crippen LogP contribution in [0.5, 0.6) is 0 Å². The molecule has 0 fully saturated rings. The van der Waals surface area contributed by atoms with Gasteiger partial charge in [-0.3, -0.25) is 0 Å². The molecule has 0 aliphatic heterocycles. The molecule has 0 unspecified atom stereocenters. The number of hydrogen-bond donors (Lipinski definition) is 1. The van der Waals surface area contributed by atoms with E-state index in [2.05, 4.69) is 31.2 Å². The van der Waals surface area contributed by atoms with Crippen molar-refractivity contribution >= 4 is 27.6 Å². The number of hydrogen-bond acceptors (Lipinski definition) is 4. The number of benzene rings is 1. The van der Waals surface area contributed by atoms with Crippen LogP contribution >= 0.6 is 15.9 Å². The first-order chi connectivity index (χ1) is 8.99. The first-order valence-corrected chi connectivity index (χ1v) is 6.27. The van der Waals surface area contributed by atoms with Crippen LogP contribution in [-0.2, 0) is 0 Å². The maximum absolute atomic E-state index is 13.3. The predicted octanol–water partition coefficient (Wildman–Crippen LogP) is 3.61. The fourth-order valence-electron chi connectivity index (χ4n) is 1.58. The van der Waals surface area contributed by atoms with Crippen molar-refractivity contribution in [2.45, 2.75) is 13.8 Å². The highest BCUT2D eigenvalue weighted by molar-refractivity contribution is 9.10. The molecule has 1 aromatic heterocycles. The topological polar surface area (TPSA) is 61.6 Å². The Balaban J connectivity index is 2.39. The molecule has 0 aliphatic rings. The van der Waals surface area contributed by atoms with Crippen LogP contribution < -0.4 is 5.32 Å². The Morgan fingerprint density at radius 2 is 2.00 bits per heavy atom. The lowest BCUT2D eigenvalue weighted by atomic mass is 10.2. The quantitative estimate of drug-likeness (QED) is 0.918. The van der Waals surface area contributed by atoms with Gasteiger partial charge in [0.05, 0.1) is 4.47 Å². The molecular formula is C13H10BrFN4. The van der Waals surface area contributed by atoms with E-state index in [0.717, 1.165) is 5.56 Å². The van der Waals surface area contributed by atoms with Gasteiger partial charge in [-0.1, -0.05) is 0 Å². The molecule has 4 nitrogen and oxygen atoms in total. The normalized spacial score (nSPS) is 10.1. The summed E-state index contributed by atoms with van der Waals surface area (Å²) in [7, 11) is 0. The summed E-state index contributed by atoms with van der Waals surface area (Å²) in [6.45, 7) is 3.56. The Morgan fingerprint density at radius 3 is 2.68 bits per heavy atom. The monoisotopic (exact) mass is 320 g/mol. The highest BCUT2D eigenvalue weighted by atomic mass is 79.9. The van der Waals surface area contributed by atoms with E-state index in [-0.39, 0.29) is 11.5 Å². The molecule has 1 heterocycles. The Hall–Kier alpha value is -2.00. The molecule has 0 aliphatic carbocycles. The van der Waals surface area contributed by atoms with Crippen molar-refractivity contribution in [1.82, 2.24) is 9.97 Å². The number of aromatic nitrogens is 2. The number of aryl methyl sites for hydroxylation is 2. The van der Waals surface area contributed by atoms with E-state index >= 15 is 0 Å². The fourth-order valence-corrected chi connectivity index (χ4v) is 1.93. The average molecular weight is 321 g/mol. The van der Waals surface area contributed by atoms with E-state index in [4.69, 9.17) is 5.26 Å². The van der Waals surface area contributed by atoms with E-state index in [1.54, 1.807) is 26.0 Å².